The first-order chi connectivity index (χ1) is 8.24. The van der Waals surface area contributed by atoms with E-state index in [2.05, 4.69) is 0 Å². The van der Waals surface area contributed by atoms with Gasteiger partial charge in [-0.15, -0.1) is 0 Å². The average molecular weight is 237 g/mol. The minimum Gasteiger partial charge on any atom is -0.497 e. The van der Waals surface area contributed by atoms with Crippen LogP contribution in [0.2, 0.25) is 0 Å². The van der Waals surface area contributed by atoms with E-state index in [0.717, 1.165) is 6.42 Å². The Hall–Kier alpha value is -1.75. The fourth-order valence-corrected chi connectivity index (χ4v) is 1.68. The minimum absolute atomic E-state index is 0.167. The molecule has 0 bridgehead atoms. The topological polar surface area (TPSA) is 48.0 Å². The smallest absolute Gasteiger partial charge is 0.277 e. The molecular weight excluding hydrogens is 222 g/mol. The second kappa shape index (κ2) is 5.05. The Morgan fingerprint density at radius 2 is 1.88 bits per heavy atom. The molecule has 5 heteroatoms. The van der Waals surface area contributed by atoms with E-state index in [1.54, 1.807) is 32.4 Å². The maximum absolute atomic E-state index is 12.1. The fraction of sp³-hybridized carbons (Fsp3) is 0.417. The summed E-state index contributed by atoms with van der Waals surface area (Å²) in [7, 11) is 3.10. The first-order valence-corrected chi connectivity index (χ1v) is 5.42. The van der Waals surface area contributed by atoms with Crippen molar-refractivity contribution in [3.63, 3.8) is 0 Å². The molecule has 1 aromatic rings. The molecule has 5 nitrogen and oxygen atoms in total. The van der Waals surface area contributed by atoms with Gasteiger partial charge in [0.1, 0.15) is 11.5 Å². The van der Waals surface area contributed by atoms with Gasteiger partial charge in [0, 0.05) is 11.6 Å². The lowest BCUT2D eigenvalue weighted by Crippen LogP contribution is -2.26. The van der Waals surface area contributed by atoms with Crippen molar-refractivity contribution in [1.29, 1.82) is 0 Å². The van der Waals surface area contributed by atoms with E-state index in [1.165, 1.54) is 5.06 Å². The maximum atomic E-state index is 12.1. The third-order valence-electron chi connectivity index (χ3n) is 2.58. The lowest BCUT2D eigenvalue weighted by molar-refractivity contribution is -0.0768. The maximum Gasteiger partial charge on any atom is 0.277 e. The number of hydrogen-bond acceptors (Lipinski definition) is 4. The Bertz CT molecular complexity index is 391. The summed E-state index contributed by atoms with van der Waals surface area (Å²) < 4.78 is 10.2. The molecule has 0 spiro atoms. The van der Waals surface area contributed by atoms with Gasteiger partial charge in [0.25, 0.3) is 5.91 Å². The molecule has 0 atom stereocenters. The third-order valence-corrected chi connectivity index (χ3v) is 2.58. The molecule has 0 unspecified atom stereocenters. The number of amides is 1. The van der Waals surface area contributed by atoms with E-state index < -0.39 is 0 Å². The molecule has 1 saturated heterocycles. The summed E-state index contributed by atoms with van der Waals surface area (Å²) in [6, 6.07) is 5.07. The molecule has 1 aliphatic rings. The van der Waals surface area contributed by atoms with Gasteiger partial charge in [-0.3, -0.25) is 9.63 Å². The molecule has 92 valence electrons. The van der Waals surface area contributed by atoms with Gasteiger partial charge in [-0.1, -0.05) is 0 Å². The van der Waals surface area contributed by atoms with Crippen LogP contribution >= 0.6 is 0 Å². The van der Waals surface area contributed by atoms with Gasteiger partial charge in [0.2, 0.25) is 0 Å². The van der Waals surface area contributed by atoms with Crippen molar-refractivity contribution < 1.29 is 19.1 Å². The van der Waals surface area contributed by atoms with E-state index in [-0.39, 0.29) is 5.91 Å². The number of nitrogens with zero attached hydrogens (tertiary/aromatic N) is 1. The van der Waals surface area contributed by atoms with Crippen molar-refractivity contribution in [1.82, 2.24) is 5.06 Å². The van der Waals surface area contributed by atoms with Crippen LogP contribution in [-0.2, 0) is 4.84 Å². The Balaban J connectivity index is 2.26. The summed E-state index contributed by atoms with van der Waals surface area (Å²) in [5.41, 5.74) is 0.503. The molecule has 17 heavy (non-hydrogen) atoms. The minimum atomic E-state index is -0.167. The van der Waals surface area contributed by atoms with Gasteiger partial charge in [-0.2, -0.15) is 0 Å². The molecule has 1 aromatic carbocycles. The van der Waals surface area contributed by atoms with Gasteiger partial charge in [0.05, 0.1) is 27.4 Å². The average Bonchev–Trinajstić information content (AvgIpc) is 2.91. The molecule has 2 rings (SSSR count). The summed E-state index contributed by atoms with van der Waals surface area (Å²) in [4.78, 5) is 17.3. The molecule has 1 amide bonds. The zero-order valence-corrected chi connectivity index (χ0v) is 9.93. The summed E-state index contributed by atoms with van der Waals surface area (Å²) in [6.07, 6.45) is 0.868. The van der Waals surface area contributed by atoms with Gasteiger partial charge in [-0.25, -0.2) is 5.06 Å². The highest BCUT2D eigenvalue weighted by Gasteiger charge is 2.21. The number of carbonyl (C=O) groups is 1. The molecule has 0 radical (unpaired) electrons. The van der Waals surface area contributed by atoms with E-state index in [9.17, 15) is 4.79 Å². The third kappa shape index (κ3) is 2.50. The van der Waals surface area contributed by atoms with Crippen LogP contribution in [0.1, 0.15) is 16.8 Å². The molecule has 0 N–H and O–H groups in total. The number of carbonyl (C=O) groups excluding carboxylic acids is 1. The van der Waals surface area contributed by atoms with Crippen molar-refractivity contribution in [2.45, 2.75) is 6.42 Å². The standard InChI is InChI=1S/C12H15NO4/c1-15-10-6-9(7-11(8-10)16-2)12(14)13-4-3-5-17-13/h6-8H,3-5H2,1-2H3. The van der Waals surface area contributed by atoms with Crippen LogP contribution in [0.5, 0.6) is 11.5 Å². The number of methoxy groups -OCH3 is 2. The van der Waals surface area contributed by atoms with Gasteiger partial charge >= 0.3 is 0 Å². The van der Waals surface area contributed by atoms with Crippen LogP contribution in [-0.4, -0.2) is 38.3 Å². The van der Waals surface area contributed by atoms with Crippen molar-refractivity contribution in [2.24, 2.45) is 0 Å². The summed E-state index contributed by atoms with van der Waals surface area (Å²) in [5, 5.41) is 1.37. The number of hydroxylamine groups is 2. The molecule has 1 aliphatic heterocycles. The zero-order valence-electron chi connectivity index (χ0n) is 9.93. The molecule has 1 fully saturated rings. The van der Waals surface area contributed by atoms with Crippen LogP contribution in [0.3, 0.4) is 0 Å². The molecule has 1 heterocycles. The first-order valence-electron chi connectivity index (χ1n) is 5.42. The predicted molar refractivity (Wildman–Crippen MR) is 61.2 cm³/mol. The molecule has 0 aromatic heterocycles. The van der Waals surface area contributed by atoms with Gasteiger partial charge in [-0.05, 0) is 18.6 Å². The van der Waals surface area contributed by atoms with Gasteiger partial charge in [0.15, 0.2) is 0 Å². The lowest BCUT2D eigenvalue weighted by Gasteiger charge is -2.15. The zero-order chi connectivity index (χ0) is 12.3. The molecule has 0 aliphatic carbocycles. The normalized spacial score (nSPS) is 14.8. The van der Waals surface area contributed by atoms with Crippen LogP contribution in [0, 0.1) is 0 Å². The Morgan fingerprint density at radius 1 is 1.24 bits per heavy atom. The van der Waals surface area contributed by atoms with E-state index in [1.807, 2.05) is 0 Å². The predicted octanol–water partition coefficient (Wildman–Crippen LogP) is 1.48. The Kier molecular flexibility index (Phi) is 3.49. The second-order valence-electron chi connectivity index (χ2n) is 3.70. The van der Waals surface area contributed by atoms with E-state index >= 15 is 0 Å². The van der Waals surface area contributed by atoms with Crippen molar-refractivity contribution >= 4 is 5.91 Å². The van der Waals surface area contributed by atoms with Crippen LogP contribution in [0.15, 0.2) is 18.2 Å². The van der Waals surface area contributed by atoms with Crippen molar-refractivity contribution in [3.05, 3.63) is 23.8 Å². The highest BCUT2D eigenvalue weighted by atomic mass is 16.7. The second-order valence-corrected chi connectivity index (χ2v) is 3.70. The van der Waals surface area contributed by atoms with Crippen LogP contribution in [0.4, 0.5) is 0 Å². The van der Waals surface area contributed by atoms with Crippen LogP contribution in [0.25, 0.3) is 0 Å². The first kappa shape index (κ1) is 11.7. The Labute approximate surface area is 99.8 Å². The highest BCUT2D eigenvalue weighted by Crippen LogP contribution is 2.24. The summed E-state index contributed by atoms with van der Waals surface area (Å²) in [6.45, 7) is 1.21. The van der Waals surface area contributed by atoms with Crippen molar-refractivity contribution in [2.75, 3.05) is 27.4 Å². The Morgan fingerprint density at radius 3 is 2.35 bits per heavy atom. The highest BCUT2D eigenvalue weighted by molar-refractivity contribution is 5.94. The number of benzene rings is 1. The molecule has 0 saturated carbocycles. The number of ether oxygens (including phenoxy) is 2. The number of rotatable bonds is 3. The molecular formula is C12H15NO4. The monoisotopic (exact) mass is 237 g/mol. The number of hydrogen-bond donors (Lipinski definition) is 0. The van der Waals surface area contributed by atoms with Gasteiger partial charge < -0.3 is 9.47 Å². The van der Waals surface area contributed by atoms with E-state index in [4.69, 9.17) is 14.3 Å². The largest absolute Gasteiger partial charge is 0.497 e. The fourth-order valence-electron chi connectivity index (χ4n) is 1.68. The van der Waals surface area contributed by atoms with E-state index in [0.29, 0.717) is 30.2 Å². The van der Waals surface area contributed by atoms with Crippen LogP contribution < -0.4 is 9.47 Å². The summed E-state index contributed by atoms with van der Waals surface area (Å²) in [5.74, 6) is 1.01. The van der Waals surface area contributed by atoms with Crippen molar-refractivity contribution in [3.8, 4) is 11.5 Å². The SMILES string of the molecule is COc1cc(OC)cc(C(=O)N2CCCO2)c1. The summed E-state index contributed by atoms with van der Waals surface area (Å²) >= 11 is 0. The quantitative estimate of drug-likeness (QED) is 0.799. The lowest BCUT2D eigenvalue weighted by atomic mass is 10.2.